The molecule has 0 fully saturated rings. The number of aromatic nitrogens is 2. The van der Waals surface area contributed by atoms with Gasteiger partial charge in [0.1, 0.15) is 5.54 Å². The largest absolute Gasteiger partial charge is 0.467 e. The highest BCUT2D eigenvalue weighted by molar-refractivity contribution is 6.28. The number of anilines is 1. The average Bonchev–Trinajstić information content (AvgIpc) is 2.22. The molecule has 0 aliphatic heterocycles. The molecule has 0 spiro atoms. The molecule has 0 unspecified atom stereocenters. The Hall–Kier alpha value is -1.43. The Morgan fingerprint density at radius 3 is 2.81 bits per heavy atom. The number of halogens is 2. The number of nitrogens with one attached hydrogen (secondary N) is 1. The molecule has 0 aliphatic rings. The van der Waals surface area contributed by atoms with Crippen LogP contribution in [0.4, 0.5) is 10.2 Å². The van der Waals surface area contributed by atoms with Gasteiger partial charge in [0.15, 0.2) is 11.6 Å². The van der Waals surface area contributed by atoms with Crippen molar-refractivity contribution >= 4 is 23.4 Å². The fraction of sp³-hybridized carbons (Fsp3) is 0.444. The molecule has 5 nitrogen and oxygen atoms in total. The molecular weight excluding hydrogens is 237 g/mol. The molecule has 1 aromatic heterocycles. The number of carbonyl (C=O) groups excluding carboxylic acids is 1. The maximum Gasteiger partial charge on any atom is 0.330 e. The van der Waals surface area contributed by atoms with Crippen LogP contribution in [0, 0.1) is 5.82 Å². The molecule has 1 N–H and O–H groups in total. The molecule has 0 amide bonds. The minimum absolute atomic E-state index is 0.107. The highest BCUT2D eigenvalue weighted by Crippen LogP contribution is 2.18. The van der Waals surface area contributed by atoms with Crippen LogP contribution in [-0.2, 0) is 9.53 Å². The van der Waals surface area contributed by atoms with Crippen LogP contribution in [0.15, 0.2) is 6.20 Å². The first-order valence-corrected chi connectivity index (χ1v) is 4.79. The minimum Gasteiger partial charge on any atom is -0.467 e. The van der Waals surface area contributed by atoms with Crippen LogP contribution in [0.25, 0.3) is 0 Å². The highest BCUT2D eigenvalue weighted by atomic mass is 35.5. The van der Waals surface area contributed by atoms with Crippen LogP contribution in [0.1, 0.15) is 13.8 Å². The second-order valence-electron chi connectivity index (χ2n) is 3.58. The molecule has 16 heavy (non-hydrogen) atoms. The summed E-state index contributed by atoms with van der Waals surface area (Å²) in [7, 11) is 1.25. The first kappa shape index (κ1) is 12.6. The van der Waals surface area contributed by atoms with Gasteiger partial charge in [-0.15, -0.1) is 0 Å². The molecule has 0 saturated heterocycles. The standard InChI is InChI=1S/C9H11ClFN3O2/c1-9(2,7(15)16-3)14-6-5(11)4-12-8(10)13-6/h4H,1-3H3,(H,12,13,14). The van der Waals surface area contributed by atoms with Gasteiger partial charge in [-0.1, -0.05) is 0 Å². The summed E-state index contributed by atoms with van der Waals surface area (Å²) in [6.07, 6.45) is 0.922. The van der Waals surface area contributed by atoms with Gasteiger partial charge in [0.05, 0.1) is 13.3 Å². The van der Waals surface area contributed by atoms with Crippen molar-refractivity contribution in [2.45, 2.75) is 19.4 Å². The molecule has 1 rings (SSSR count). The van der Waals surface area contributed by atoms with Crippen molar-refractivity contribution in [3.63, 3.8) is 0 Å². The molecule has 7 heteroatoms. The summed E-state index contributed by atoms with van der Waals surface area (Å²) in [6, 6.07) is 0. The Balaban J connectivity index is 2.95. The van der Waals surface area contributed by atoms with Crippen LogP contribution >= 0.6 is 11.6 Å². The van der Waals surface area contributed by atoms with E-state index in [1.165, 1.54) is 21.0 Å². The number of methoxy groups -OCH3 is 1. The van der Waals surface area contributed by atoms with E-state index in [9.17, 15) is 9.18 Å². The van der Waals surface area contributed by atoms with E-state index in [0.29, 0.717) is 0 Å². The van der Waals surface area contributed by atoms with Crippen molar-refractivity contribution < 1.29 is 13.9 Å². The maximum absolute atomic E-state index is 13.3. The third-order valence-electron chi connectivity index (χ3n) is 1.84. The predicted octanol–water partition coefficient (Wildman–Crippen LogP) is 1.63. The summed E-state index contributed by atoms with van der Waals surface area (Å²) in [5, 5.41) is 2.49. The molecule has 0 bridgehead atoms. The quantitative estimate of drug-likeness (QED) is 0.650. The number of esters is 1. The molecule has 0 radical (unpaired) electrons. The number of nitrogens with zero attached hydrogens (tertiary/aromatic N) is 2. The molecule has 0 saturated carbocycles. The first-order valence-electron chi connectivity index (χ1n) is 4.41. The zero-order valence-electron chi connectivity index (χ0n) is 9.04. The van der Waals surface area contributed by atoms with E-state index in [-0.39, 0.29) is 11.1 Å². The topological polar surface area (TPSA) is 64.1 Å². The number of hydrogen-bond donors (Lipinski definition) is 1. The normalized spacial score (nSPS) is 11.1. The van der Waals surface area contributed by atoms with Crippen molar-refractivity contribution in [1.29, 1.82) is 0 Å². The maximum atomic E-state index is 13.3. The number of carbonyl (C=O) groups is 1. The molecule has 0 atom stereocenters. The lowest BCUT2D eigenvalue weighted by molar-refractivity contribution is -0.144. The van der Waals surface area contributed by atoms with E-state index in [2.05, 4.69) is 20.0 Å². The fourth-order valence-electron chi connectivity index (χ4n) is 1.04. The second-order valence-corrected chi connectivity index (χ2v) is 3.92. The summed E-state index contributed by atoms with van der Waals surface area (Å²) in [5.41, 5.74) is -1.10. The number of rotatable bonds is 3. The Kier molecular flexibility index (Phi) is 3.64. The van der Waals surface area contributed by atoms with Gasteiger partial charge in [-0.2, -0.15) is 4.98 Å². The Labute approximate surface area is 97.0 Å². The molecule has 0 aliphatic carbocycles. The summed E-state index contributed by atoms with van der Waals surface area (Å²) < 4.78 is 17.8. The smallest absolute Gasteiger partial charge is 0.330 e. The second kappa shape index (κ2) is 4.61. The lowest BCUT2D eigenvalue weighted by atomic mass is 10.1. The highest BCUT2D eigenvalue weighted by Gasteiger charge is 2.30. The molecule has 1 heterocycles. The molecule has 1 aromatic rings. The van der Waals surface area contributed by atoms with Crippen molar-refractivity contribution in [3.8, 4) is 0 Å². The lowest BCUT2D eigenvalue weighted by Gasteiger charge is -2.23. The van der Waals surface area contributed by atoms with Crippen LogP contribution < -0.4 is 5.32 Å². The third kappa shape index (κ3) is 2.79. The van der Waals surface area contributed by atoms with E-state index in [1.807, 2.05) is 0 Å². The van der Waals surface area contributed by atoms with Crippen LogP contribution in [0.3, 0.4) is 0 Å². The minimum atomic E-state index is -1.10. The Morgan fingerprint density at radius 2 is 2.25 bits per heavy atom. The van der Waals surface area contributed by atoms with E-state index in [4.69, 9.17) is 11.6 Å². The summed E-state index contributed by atoms with van der Waals surface area (Å²) in [4.78, 5) is 18.4. The van der Waals surface area contributed by atoms with Gasteiger partial charge in [-0.05, 0) is 25.4 Å². The molecule has 0 aromatic carbocycles. The van der Waals surface area contributed by atoms with Gasteiger partial charge < -0.3 is 10.1 Å². The van der Waals surface area contributed by atoms with Crippen LogP contribution in [0.2, 0.25) is 5.28 Å². The van der Waals surface area contributed by atoms with E-state index in [0.717, 1.165) is 6.20 Å². The zero-order valence-corrected chi connectivity index (χ0v) is 9.80. The predicted molar refractivity (Wildman–Crippen MR) is 56.7 cm³/mol. The summed E-state index contributed by atoms with van der Waals surface area (Å²) in [5.74, 6) is -1.38. The van der Waals surface area contributed by atoms with Gasteiger partial charge in [-0.25, -0.2) is 14.2 Å². The first-order chi connectivity index (χ1) is 7.36. The van der Waals surface area contributed by atoms with Gasteiger partial charge in [0, 0.05) is 0 Å². The van der Waals surface area contributed by atoms with E-state index >= 15 is 0 Å². The van der Waals surface area contributed by atoms with Gasteiger partial charge in [-0.3, -0.25) is 0 Å². The lowest BCUT2D eigenvalue weighted by Crippen LogP contribution is -2.41. The number of ether oxygens (including phenoxy) is 1. The number of hydrogen-bond acceptors (Lipinski definition) is 5. The molecular formula is C9H11ClFN3O2. The zero-order chi connectivity index (χ0) is 12.3. The third-order valence-corrected chi connectivity index (χ3v) is 2.02. The van der Waals surface area contributed by atoms with E-state index < -0.39 is 17.3 Å². The van der Waals surface area contributed by atoms with Gasteiger partial charge in [0.25, 0.3) is 0 Å². The summed E-state index contributed by atoms with van der Waals surface area (Å²) in [6.45, 7) is 3.07. The van der Waals surface area contributed by atoms with Crippen molar-refractivity contribution in [2.24, 2.45) is 0 Å². The Morgan fingerprint density at radius 1 is 1.62 bits per heavy atom. The summed E-state index contributed by atoms with van der Waals surface area (Å²) >= 11 is 5.51. The fourth-order valence-corrected chi connectivity index (χ4v) is 1.17. The van der Waals surface area contributed by atoms with Gasteiger partial charge >= 0.3 is 5.97 Å². The van der Waals surface area contributed by atoms with Crippen LogP contribution in [-0.4, -0.2) is 28.6 Å². The SMILES string of the molecule is COC(=O)C(C)(C)Nc1nc(Cl)ncc1F. The van der Waals surface area contributed by atoms with Crippen molar-refractivity contribution in [1.82, 2.24) is 9.97 Å². The van der Waals surface area contributed by atoms with E-state index in [1.54, 1.807) is 0 Å². The van der Waals surface area contributed by atoms with Gasteiger partial charge in [0.2, 0.25) is 5.28 Å². The van der Waals surface area contributed by atoms with Crippen LogP contribution in [0.5, 0.6) is 0 Å². The van der Waals surface area contributed by atoms with Crippen molar-refractivity contribution in [2.75, 3.05) is 12.4 Å². The monoisotopic (exact) mass is 247 g/mol. The molecule has 88 valence electrons. The van der Waals surface area contributed by atoms with Crippen molar-refractivity contribution in [3.05, 3.63) is 17.3 Å². The average molecular weight is 248 g/mol. The Bertz CT molecular complexity index is 412.